The fourth-order valence-corrected chi connectivity index (χ4v) is 0.390. The van der Waals surface area contributed by atoms with Crippen LogP contribution in [0.25, 0.3) is 0 Å². The summed E-state index contributed by atoms with van der Waals surface area (Å²) in [5.41, 5.74) is 0. The molecule has 1 nitrogen and oxygen atoms in total. The molecule has 0 saturated heterocycles. The summed E-state index contributed by atoms with van der Waals surface area (Å²) < 4.78 is 12.0. The van der Waals surface area contributed by atoms with Gasteiger partial charge in [0.2, 0.25) is 0 Å². The number of rotatable bonds is 2. The Hall–Kier alpha value is -0.570. The average molecular weight is 193 g/mol. The summed E-state index contributed by atoms with van der Waals surface area (Å²) in [7, 11) is 0. The third-order valence-electron chi connectivity index (χ3n) is 0.656. The molecule has 0 aliphatic carbocycles. The van der Waals surface area contributed by atoms with Crippen molar-refractivity contribution in [2.45, 2.75) is 0 Å². The second kappa shape index (κ2) is 3.45. The van der Waals surface area contributed by atoms with E-state index in [0.29, 0.717) is 0 Å². The average Bonchev–Trinajstić information content (AvgIpc) is 1.84. The molecule has 0 heterocycles. The smallest absolute Gasteiger partial charge is 0.133 e. The molecule has 0 aromatic carbocycles. The van der Waals surface area contributed by atoms with Crippen LogP contribution in [0.2, 0.25) is 0 Å². The molecule has 0 radical (unpaired) electrons. The molecule has 50 valence electrons. The van der Waals surface area contributed by atoms with Gasteiger partial charge in [0.15, 0.2) is 0 Å². The van der Waals surface area contributed by atoms with E-state index in [1.807, 2.05) is 0 Å². The van der Waals surface area contributed by atoms with Gasteiger partial charge in [0.25, 0.3) is 0 Å². The van der Waals surface area contributed by atoms with E-state index in [-0.39, 0.29) is 10.2 Å². The van der Waals surface area contributed by atoms with Crippen molar-refractivity contribution in [1.82, 2.24) is 0 Å². The van der Waals surface area contributed by atoms with E-state index in [1.165, 1.54) is 0 Å². The molecule has 0 aromatic heterocycles. The maximum Gasteiger partial charge on any atom is 0.133 e. The Bertz CT molecular complexity index is 172. The molecule has 0 amide bonds. The van der Waals surface area contributed by atoms with Crippen molar-refractivity contribution in [2.75, 3.05) is 0 Å². The number of aliphatic hydroxyl groups is 1. The highest BCUT2D eigenvalue weighted by Crippen LogP contribution is 2.19. The lowest BCUT2D eigenvalue weighted by molar-refractivity contribution is 0.428. The minimum atomic E-state index is -0.715. The molecule has 0 aromatic rings. The van der Waals surface area contributed by atoms with E-state index in [0.717, 1.165) is 6.08 Å². The molecule has 0 unspecified atom stereocenters. The normalized spacial score (nSPS) is 12.2. The quantitative estimate of drug-likeness (QED) is 0.528. The number of hydrogen-bond acceptors (Lipinski definition) is 1. The summed E-state index contributed by atoms with van der Waals surface area (Å²) in [5.74, 6) is -0.963. The highest BCUT2D eigenvalue weighted by molar-refractivity contribution is 9.12. The van der Waals surface area contributed by atoms with Crippen LogP contribution < -0.4 is 0 Å². The lowest BCUT2D eigenvalue weighted by Gasteiger charge is -1.93. The number of allylic oxidation sites excluding steroid dienone is 3. The monoisotopic (exact) mass is 192 g/mol. The molecule has 3 heteroatoms. The Morgan fingerprint density at radius 1 is 1.67 bits per heavy atom. The number of halogens is 2. The van der Waals surface area contributed by atoms with Gasteiger partial charge in [-0.15, -0.1) is 0 Å². The fourth-order valence-electron chi connectivity index (χ4n) is 0.229. The molecule has 0 rings (SSSR count). The van der Waals surface area contributed by atoms with Gasteiger partial charge in [0.1, 0.15) is 11.6 Å². The van der Waals surface area contributed by atoms with Gasteiger partial charge in [-0.05, 0) is 22.0 Å². The summed E-state index contributed by atoms with van der Waals surface area (Å²) in [5, 5.41) is 8.71. The first-order chi connectivity index (χ1) is 4.09. The van der Waals surface area contributed by atoms with Crippen LogP contribution in [0.3, 0.4) is 0 Å². The minimum absolute atomic E-state index is 0.0579. The van der Waals surface area contributed by atoms with Crippen LogP contribution in [0, 0.1) is 0 Å². The zero-order valence-electron chi connectivity index (χ0n) is 4.69. The summed E-state index contributed by atoms with van der Waals surface area (Å²) in [4.78, 5) is 0. The Kier molecular flexibility index (Phi) is 3.24. The predicted molar refractivity (Wildman–Crippen MR) is 39.0 cm³/mol. The van der Waals surface area contributed by atoms with E-state index in [2.05, 4.69) is 29.1 Å². The Morgan fingerprint density at radius 3 is 2.22 bits per heavy atom. The van der Waals surface area contributed by atoms with Crippen LogP contribution in [0.5, 0.6) is 0 Å². The molecule has 0 saturated carbocycles. The topological polar surface area (TPSA) is 20.2 Å². The van der Waals surface area contributed by atoms with Crippen molar-refractivity contribution in [2.24, 2.45) is 0 Å². The van der Waals surface area contributed by atoms with Crippen LogP contribution in [0.4, 0.5) is 4.39 Å². The van der Waals surface area contributed by atoms with Crippen molar-refractivity contribution >= 4 is 15.9 Å². The highest BCUT2D eigenvalue weighted by atomic mass is 79.9. The first kappa shape index (κ1) is 8.43. The SMILES string of the molecule is C=C/C(O)=C(/Br)C(=C)F. The lowest BCUT2D eigenvalue weighted by atomic mass is 10.4. The minimum Gasteiger partial charge on any atom is -0.507 e. The van der Waals surface area contributed by atoms with Crippen molar-refractivity contribution in [1.29, 1.82) is 0 Å². The van der Waals surface area contributed by atoms with E-state index in [1.54, 1.807) is 0 Å². The lowest BCUT2D eigenvalue weighted by Crippen LogP contribution is -1.78. The second-order valence-corrected chi connectivity index (χ2v) is 2.10. The van der Waals surface area contributed by atoms with Crippen LogP contribution in [-0.4, -0.2) is 5.11 Å². The molecule has 0 atom stereocenters. The summed E-state index contributed by atoms with van der Waals surface area (Å²) in [6.07, 6.45) is 1.12. The summed E-state index contributed by atoms with van der Waals surface area (Å²) >= 11 is 2.75. The maximum absolute atomic E-state index is 12.0. The van der Waals surface area contributed by atoms with Crippen LogP contribution in [-0.2, 0) is 0 Å². The largest absolute Gasteiger partial charge is 0.507 e. The van der Waals surface area contributed by atoms with Gasteiger partial charge in [-0.2, -0.15) is 0 Å². The fraction of sp³-hybridized carbons (Fsp3) is 0. The molecule has 0 spiro atoms. The van der Waals surface area contributed by atoms with Crippen LogP contribution in [0.1, 0.15) is 0 Å². The third kappa shape index (κ3) is 2.46. The molecule has 0 fully saturated rings. The van der Waals surface area contributed by atoms with E-state index < -0.39 is 5.83 Å². The molecular formula is C6H6BrFO. The van der Waals surface area contributed by atoms with Crippen molar-refractivity contribution in [3.63, 3.8) is 0 Å². The predicted octanol–water partition coefficient (Wildman–Crippen LogP) is 2.82. The van der Waals surface area contributed by atoms with E-state index in [9.17, 15) is 4.39 Å². The van der Waals surface area contributed by atoms with Crippen LogP contribution >= 0.6 is 15.9 Å². The highest BCUT2D eigenvalue weighted by Gasteiger charge is 2.00. The second-order valence-electron chi connectivity index (χ2n) is 1.31. The van der Waals surface area contributed by atoms with Gasteiger partial charge in [0, 0.05) is 0 Å². The molecule has 0 aliphatic rings. The molecule has 1 N–H and O–H groups in total. The van der Waals surface area contributed by atoms with Crippen molar-refractivity contribution in [3.8, 4) is 0 Å². The molecule has 0 aliphatic heterocycles. The van der Waals surface area contributed by atoms with Crippen molar-refractivity contribution < 1.29 is 9.50 Å². The van der Waals surface area contributed by atoms with Gasteiger partial charge < -0.3 is 5.11 Å². The van der Waals surface area contributed by atoms with Gasteiger partial charge >= 0.3 is 0 Å². The first-order valence-electron chi connectivity index (χ1n) is 2.15. The van der Waals surface area contributed by atoms with Gasteiger partial charge in [0.05, 0.1) is 4.48 Å². The van der Waals surface area contributed by atoms with Crippen LogP contribution in [0.15, 0.2) is 35.3 Å². The zero-order valence-corrected chi connectivity index (χ0v) is 6.28. The summed E-state index contributed by atoms with van der Waals surface area (Å²) in [6.45, 7) is 6.16. The zero-order chi connectivity index (χ0) is 7.44. The molecule has 0 bridgehead atoms. The van der Waals surface area contributed by atoms with Gasteiger partial charge in [-0.3, -0.25) is 0 Å². The van der Waals surface area contributed by atoms with Crippen molar-refractivity contribution in [3.05, 3.63) is 35.3 Å². The maximum atomic E-state index is 12.0. The Morgan fingerprint density at radius 2 is 2.11 bits per heavy atom. The third-order valence-corrected chi connectivity index (χ3v) is 1.49. The van der Waals surface area contributed by atoms with E-state index >= 15 is 0 Å². The van der Waals surface area contributed by atoms with Gasteiger partial charge in [-0.1, -0.05) is 13.2 Å². The Labute approximate surface area is 61.3 Å². The van der Waals surface area contributed by atoms with E-state index in [4.69, 9.17) is 5.11 Å². The molecule has 9 heavy (non-hydrogen) atoms. The standard InChI is InChI=1S/C6H6BrFO/c1-3-5(9)6(7)4(2)8/h3,9H,1-2H2/b6-5-. The van der Waals surface area contributed by atoms with Gasteiger partial charge in [-0.25, -0.2) is 4.39 Å². The molecular weight excluding hydrogens is 187 g/mol. The number of aliphatic hydroxyl groups excluding tert-OH is 1. The summed E-state index contributed by atoms with van der Waals surface area (Å²) in [6, 6.07) is 0. The number of hydrogen-bond donors (Lipinski definition) is 1. The first-order valence-corrected chi connectivity index (χ1v) is 2.95. The Balaban J connectivity index is 4.47.